The Morgan fingerprint density at radius 1 is 1.33 bits per heavy atom. The molecule has 1 amide bonds. The van der Waals surface area contributed by atoms with Crippen molar-refractivity contribution >= 4 is 32.4 Å². The van der Waals surface area contributed by atoms with E-state index >= 15 is 0 Å². The molecule has 24 heavy (non-hydrogen) atoms. The lowest BCUT2D eigenvalue weighted by molar-refractivity contribution is 0.0723. The Labute approximate surface area is 142 Å². The fourth-order valence-corrected chi connectivity index (χ4v) is 4.09. The smallest absolute Gasteiger partial charge is 0.293 e. The predicted octanol–water partition coefficient (Wildman–Crippen LogP) is 0.967. The monoisotopic (exact) mass is 372 g/mol. The number of aryl methyl sites for hydroxylation is 1. The molecule has 0 aromatic carbocycles. The van der Waals surface area contributed by atoms with Crippen molar-refractivity contribution in [3.05, 3.63) is 22.9 Å². The second kappa shape index (κ2) is 6.97. The highest BCUT2D eigenvalue weighted by atomic mass is 32.2. The first-order valence-electron chi connectivity index (χ1n) is 7.32. The molecule has 0 spiro atoms. The standard InChI is InChI=1S/C13H16N4O5S2/c1-2-10-15-16-13(23-10)14-12(18)9-3-4-11(22-9)24(19,20)17-5-7-21-8-6-17/h3-4H,2,5-8H2,1H3,(H,14,16,18). The normalized spacial score (nSPS) is 16.2. The molecule has 0 aliphatic carbocycles. The lowest BCUT2D eigenvalue weighted by Gasteiger charge is -2.24. The fraction of sp³-hybridized carbons (Fsp3) is 0.462. The number of carbonyl (C=O) groups is 1. The number of hydrogen-bond donors (Lipinski definition) is 1. The van der Waals surface area contributed by atoms with Crippen LogP contribution in [-0.4, -0.2) is 55.1 Å². The van der Waals surface area contributed by atoms with Gasteiger partial charge in [0.05, 0.1) is 13.2 Å². The molecular weight excluding hydrogens is 356 g/mol. The van der Waals surface area contributed by atoms with Gasteiger partial charge in [0, 0.05) is 13.1 Å². The predicted molar refractivity (Wildman–Crippen MR) is 85.5 cm³/mol. The third kappa shape index (κ3) is 3.48. The minimum Gasteiger partial charge on any atom is -0.438 e. The summed E-state index contributed by atoms with van der Waals surface area (Å²) in [5.41, 5.74) is 0. The molecular formula is C13H16N4O5S2. The molecule has 0 saturated carbocycles. The van der Waals surface area contributed by atoms with E-state index in [1.165, 1.54) is 27.8 Å². The van der Waals surface area contributed by atoms with Crippen molar-refractivity contribution in [2.45, 2.75) is 18.4 Å². The summed E-state index contributed by atoms with van der Waals surface area (Å²) in [5, 5.41) is 11.1. The van der Waals surface area contributed by atoms with Gasteiger partial charge in [-0.1, -0.05) is 18.3 Å². The first-order valence-corrected chi connectivity index (χ1v) is 9.58. The van der Waals surface area contributed by atoms with Crippen molar-refractivity contribution in [1.82, 2.24) is 14.5 Å². The Balaban J connectivity index is 1.73. The third-order valence-electron chi connectivity index (χ3n) is 3.36. The molecule has 0 unspecified atom stereocenters. The van der Waals surface area contributed by atoms with Gasteiger partial charge in [-0.25, -0.2) is 8.42 Å². The van der Waals surface area contributed by atoms with Crippen LogP contribution in [0.3, 0.4) is 0 Å². The van der Waals surface area contributed by atoms with Crippen LogP contribution in [0, 0.1) is 0 Å². The van der Waals surface area contributed by atoms with Gasteiger partial charge in [-0.2, -0.15) is 4.31 Å². The van der Waals surface area contributed by atoms with Crippen LogP contribution in [0.4, 0.5) is 5.13 Å². The van der Waals surface area contributed by atoms with E-state index in [0.29, 0.717) is 18.3 Å². The Kier molecular flexibility index (Phi) is 4.94. The minimum absolute atomic E-state index is 0.102. The number of rotatable bonds is 5. The maximum absolute atomic E-state index is 12.4. The largest absolute Gasteiger partial charge is 0.438 e. The summed E-state index contributed by atoms with van der Waals surface area (Å²) in [6, 6.07) is 2.60. The summed E-state index contributed by atoms with van der Waals surface area (Å²) in [6.07, 6.45) is 0.718. The number of furan rings is 1. The number of sulfonamides is 1. The highest BCUT2D eigenvalue weighted by Gasteiger charge is 2.30. The van der Waals surface area contributed by atoms with Crippen LogP contribution < -0.4 is 5.32 Å². The zero-order valence-electron chi connectivity index (χ0n) is 12.9. The van der Waals surface area contributed by atoms with Crippen LogP contribution in [0.15, 0.2) is 21.6 Å². The summed E-state index contributed by atoms with van der Waals surface area (Å²) >= 11 is 1.25. The summed E-state index contributed by atoms with van der Waals surface area (Å²) < 4.78 is 36.6. The van der Waals surface area contributed by atoms with Crippen LogP contribution in [-0.2, 0) is 21.2 Å². The van der Waals surface area contributed by atoms with Gasteiger partial charge >= 0.3 is 0 Å². The molecule has 0 bridgehead atoms. The fourth-order valence-electron chi connectivity index (χ4n) is 2.10. The lowest BCUT2D eigenvalue weighted by atomic mass is 10.4. The molecule has 0 atom stereocenters. The summed E-state index contributed by atoms with van der Waals surface area (Å²) in [7, 11) is -3.77. The molecule has 11 heteroatoms. The molecule has 0 radical (unpaired) electrons. The van der Waals surface area contributed by atoms with Gasteiger partial charge < -0.3 is 9.15 Å². The van der Waals surface area contributed by atoms with E-state index in [0.717, 1.165) is 11.4 Å². The zero-order valence-corrected chi connectivity index (χ0v) is 14.5. The molecule has 130 valence electrons. The molecule has 1 aliphatic heterocycles. The van der Waals surface area contributed by atoms with E-state index in [-0.39, 0.29) is 23.9 Å². The quantitative estimate of drug-likeness (QED) is 0.831. The topological polar surface area (TPSA) is 115 Å². The van der Waals surface area contributed by atoms with E-state index in [4.69, 9.17) is 9.15 Å². The number of carbonyl (C=O) groups excluding carboxylic acids is 1. The summed E-state index contributed by atoms with van der Waals surface area (Å²) in [6.45, 7) is 3.12. The molecule has 2 aromatic rings. The maximum atomic E-state index is 12.4. The van der Waals surface area contributed by atoms with Crippen LogP contribution in [0.1, 0.15) is 22.5 Å². The van der Waals surface area contributed by atoms with Crippen molar-refractivity contribution in [3.8, 4) is 0 Å². The average molecular weight is 372 g/mol. The second-order valence-corrected chi connectivity index (χ2v) is 7.87. The Hall–Kier alpha value is -1.82. The molecule has 3 rings (SSSR count). The van der Waals surface area contributed by atoms with E-state index < -0.39 is 15.9 Å². The summed E-state index contributed by atoms with van der Waals surface area (Å²) in [4.78, 5) is 12.1. The molecule has 2 aromatic heterocycles. The number of morpholine rings is 1. The zero-order chi connectivity index (χ0) is 17.2. The van der Waals surface area contributed by atoms with Crippen LogP contribution in [0.25, 0.3) is 0 Å². The molecule has 3 heterocycles. The number of nitrogens with zero attached hydrogens (tertiary/aromatic N) is 3. The SMILES string of the molecule is CCc1nnc(NC(=O)c2ccc(S(=O)(=O)N3CCOCC3)o2)s1. The Bertz CT molecular complexity index is 823. The number of aromatic nitrogens is 2. The first-order chi connectivity index (χ1) is 11.5. The molecule has 1 fully saturated rings. The van der Waals surface area contributed by atoms with Gasteiger partial charge in [0.2, 0.25) is 10.2 Å². The summed E-state index contributed by atoms with van der Waals surface area (Å²) in [5.74, 6) is -0.674. The second-order valence-electron chi connectivity index (χ2n) is 4.94. The third-order valence-corrected chi connectivity index (χ3v) is 6.11. The molecule has 9 nitrogen and oxygen atoms in total. The van der Waals surface area contributed by atoms with Crippen molar-refractivity contribution in [1.29, 1.82) is 0 Å². The van der Waals surface area contributed by atoms with Gasteiger partial charge in [-0.3, -0.25) is 10.1 Å². The Morgan fingerprint density at radius 2 is 2.08 bits per heavy atom. The number of hydrogen-bond acceptors (Lipinski definition) is 8. The van der Waals surface area contributed by atoms with E-state index in [1.54, 1.807) is 0 Å². The van der Waals surface area contributed by atoms with Crippen LogP contribution in [0.5, 0.6) is 0 Å². The highest BCUT2D eigenvalue weighted by Crippen LogP contribution is 2.21. The number of anilines is 1. The number of ether oxygens (including phenoxy) is 1. The number of nitrogens with one attached hydrogen (secondary N) is 1. The maximum Gasteiger partial charge on any atom is 0.293 e. The van der Waals surface area contributed by atoms with Crippen molar-refractivity contribution in [2.24, 2.45) is 0 Å². The van der Waals surface area contributed by atoms with Gasteiger partial charge in [-0.05, 0) is 18.6 Å². The molecule has 1 N–H and O–H groups in total. The molecule has 1 saturated heterocycles. The Morgan fingerprint density at radius 3 is 2.75 bits per heavy atom. The highest BCUT2D eigenvalue weighted by molar-refractivity contribution is 7.89. The van der Waals surface area contributed by atoms with Gasteiger partial charge in [0.1, 0.15) is 5.01 Å². The van der Waals surface area contributed by atoms with Gasteiger partial charge in [0.25, 0.3) is 15.9 Å². The minimum atomic E-state index is -3.77. The lowest BCUT2D eigenvalue weighted by Crippen LogP contribution is -2.40. The van der Waals surface area contributed by atoms with Gasteiger partial charge in [0.15, 0.2) is 5.76 Å². The van der Waals surface area contributed by atoms with Crippen molar-refractivity contribution in [2.75, 3.05) is 31.6 Å². The number of amides is 1. The van der Waals surface area contributed by atoms with Crippen LogP contribution >= 0.6 is 11.3 Å². The van der Waals surface area contributed by atoms with E-state index in [9.17, 15) is 13.2 Å². The van der Waals surface area contributed by atoms with E-state index in [1.807, 2.05) is 6.92 Å². The van der Waals surface area contributed by atoms with Gasteiger partial charge in [-0.15, -0.1) is 10.2 Å². The molecule has 1 aliphatic rings. The van der Waals surface area contributed by atoms with Crippen molar-refractivity contribution in [3.63, 3.8) is 0 Å². The van der Waals surface area contributed by atoms with Crippen molar-refractivity contribution < 1.29 is 22.4 Å². The van der Waals surface area contributed by atoms with Crippen LogP contribution in [0.2, 0.25) is 0 Å². The van der Waals surface area contributed by atoms with E-state index in [2.05, 4.69) is 15.5 Å². The first kappa shape index (κ1) is 17.0. The average Bonchev–Trinajstić information content (AvgIpc) is 3.25.